The second-order valence-corrected chi connectivity index (χ2v) is 8.01. The second kappa shape index (κ2) is 8.58. The molecule has 0 spiro atoms. The molecule has 1 amide bonds. The van der Waals surface area contributed by atoms with Gasteiger partial charge in [0.25, 0.3) is 5.91 Å². The highest BCUT2D eigenvalue weighted by Crippen LogP contribution is 2.29. The van der Waals surface area contributed by atoms with E-state index in [2.05, 4.69) is 21.9 Å². The third-order valence-electron chi connectivity index (χ3n) is 5.81. The molecule has 0 unspecified atom stereocenters. The lowest BCUT2D eigenvalue weighted by Gasteiger charge is -2.46. The van der Waals surface area contributed by atoms with Gasteiger partial charge in [0, 0.05) is 58.8 Å². The Morgan fingerprint density at radius 2 is 1.93 bits per heavy atom. The Bertz CT molecular complexity index is 667. The molecule has 2 saturated heterocycles. The number of rotatable bonds is 5. The topological polar surface area (TPSA) is 81.9 Å². The normalized spacial score (nSPS) is 24.9. The number of likely N-dealkylation sites (tertiary alicyclic amines) is 1. The van der Waals surface area contributed by atoms with Crippen LogP contribution in [0.2, 0.25) is 5.02 Å². The molecule has 2 atom stereocenters. The molecule has 1 N–H and O–H groups in total. The van der Waals surface area contributed by atoms with Gasteiger partial charge < -0.3 is 14.9 Å². The quantitative estimate of drug-likeness (QED) is 0.798. The molecule has 0 saturated carbocycles. The summed E-state index contributed by atoms with van der Waals surface area (Å²) in [7, 11) is 3.83. The number of carbonyl (C=O) groups is 2. The van der Waals surface area contributed by atoms with Crippen LogP contribution in [0.15, 0.2) is 6.20 Å². The maximum absolute atomic E-state index is 13.0. The van der Waals surface area contributed by atoms with Crippen molar-refractivity contribution in [3.8, 4) is 0 Å². The molecule has 150 valence electrons. The molecule has 0 aromatic carbocycles. The van der Waals surface area contributed by atoms with Crippen LogP contribution in [0.3, 0.4) is 0 Å². The van der Waals surface area contributed by atoms with Crippen LogP contribution >= 0.6 is 11.6 Å². The minimum Gasteiger partial charge on any atom is -0.481 e. The standard InChI is InChI=1S/C18H28ClN5O3/c1-21-7-9-23(10-8-21)15-5-6-24(12-13(15)3-4-16(25)26)18(27)17-14(19)11-20-22(17)2/h11,13,15H,3-10,12H2,1-2H3,(H,25,26)/t13-,15+/m1/s1. The molecule has 0 aliphatic carbocycles. The highest BCUT2D eigenvalue weighted by atomic mass is 35.5. The number of likely N-dealkylation sites (N-methyl/N-ethyl adjacent to an activating group) is 1. The number of hydrogen-bond acceptors (Lipinski definition) is 5. The van der Waals surface area contributed by atoms with Crippen LogP contribution in [0, 0.1) is 5.92 Å². The van der Waals surface area contributed by atoms with Gasteiger partial charge in [-0.2, -0.15) is 5.10 Å². The molecule has 9 heteroatoms. The van der Waals surface area contributed by atoms with Crippen LogP contribution in [0.1, 0.15) is 29.8 Å². The zero-order valence-corrected chi connectivity index (χ0v) is 16.7. The fourth-order valence-electron chi connectivity index (χ4n) is 4.23. The first kappa shape index (κ1) is 20.1. The van der Waals surface area contributed by atoms with E-state index < -0.39 is 5.97 Å². The van der Waals surface area contributed by atoms with E-state index in [0.29, 0.717) is 36.3 Å². The highest BCUT2D eigenvalue weighted by molar-refractivity contribution is 6.33. The van der Waals surface area contributed by atoms with E-state index >= 15 is 0 Å². The third-order valence-corrected chi connectivity index (χ3v) is 6.09. The second-order valence-electron chi connectivity index (χ2n) is 7.60. The first-order valence-corrected chi connectivity index (χ1v) is 9.85. The summed E-state index contributed by atoms with van der Waals surface area (Å²) in [4.78, 5) is 30.7. The van der Waals surface area contributed by atoms with Gasteiger partial charge in [-0.15, -0.1) is 0 Å². The molecular weight excluding hydrogens is 370 g/mol. The van der Waals surface area contributed by atoms with E-state index in [4.69, 9.17) is 16.7 Å². The highest BCUT2D eigenvalue weighted by Gasteiger charge is 2.37. The van der Waals surface area contributed by atoms with Crippen molar-refractivity contribution in [1.29, 1.82) is 0 Å². The van der Waals surface area contributed by atoms with Crippen LogP contribution < -0.4 is 0 Å². The average molecular weight is 398 g/mol. The van der Waals surface area contributed by atoms with Crippen molar-refractivity contribution in [2.45, 2.75) is 25.3 Å². The number of carbonyl (C=O) groups excluding carboxylic acids is 1. The van der Waals surface area contributed by atoms with E-state index in [9.17, 15) is 9.59 Å². The number of aromatic nitrogens is 2. The van der Waals surface area contributed by atoms with Crippen molar-refractivity contribution >= 4 is 23.5 Å². The van der Waals surface area contributed by atoms with E-state index in [-0.39, 0.29) is 18.2 Å². The summed E-state index contributed by atoms with van der Waals surface area (Å²) >= 11 is 6.14. The number of piperazine rings is 1. The first-order chi connectivity index (χ1) is 12.9. The number of nitrogens with zero attached hydrogens (tertiary/aromatic N) is 5. The molecule has 2 fully saturated rings. The van der Waals surface area contributed by atoms with E-state index in [0.717, 1.165) is 32.6 Å². The smallest absolute Gasteiger partial charge is 0.303 e. The lowest BCUT2D eigenvalue weighted by molar-refractivity contribution is -0.137. The van der Waals surface area contributed by atoms with Crippen LogP contribution in [0.25, 0.3) is 0 Å². The zero-order valence-electron chi connectivity index (χ0n) is 16.0. The van der Waals surface area contributed by atoms with Gasteiger partial charge in [0.15, 0.2) is 0 Å². The van der Waals surface area contributed by atoms with Crippen molar-refractivity contribution in [2.24, 2.45) is 13.0 Å². The fourth-order valence-corrected chi connectivity index (χ4v) is 4.48. The maximum Gasteiger partial charge on any atom is 0.303 e. The molecule has 2 aliphatic rings. The van der Waals surface area contributed by atoms with Crippen molar-refractivity contribution in [1.82, 2.24) is 24.5 Å². The molecule has 2 aliphatic heterocycles. The molecule has 8 nitrogen and oxygen atoms in total. The fraction of sp³-hybridized carbons (Fsp3) is 0.722. The Morgan fingerprint density at radius 1 is 1.22 bits per heavy atom. The van der Waals surface area contributed by atoms with Gasteiger partial charge in [0.05, 0.1) is 11.2 Å². The molecule has 1 aromatic rings. The Balaban J connectivity index is 1.72. The molecule has 3 heterocycles. The van der Waals surface area contributed by atoms with E-state index in [1.54, 1.807) is 7.05 Å². The summed E-state index contributed by atoms with van der Waals surface area (Å²) in [5.74, 6) is -0.767. The predicted molar refractivity (Wildman–Crippen MR) is 102 cm³/mol. The Kier molecular flexibility index (Phi) is 6.39. The molecule has 27 heavy (non-hydrogen) atoms. The Labute approximate surface area is 164 Å². The van der Waals surface area contributed by atoms with Crippen molar-refractivity contribution < 1.29 is 14.7 Å². The minimum absolute atomic E-state index is 0.128. The number of aliphatic carboxylic acids is 1. The summed E-state index contributed by atoms with van der Waals surface area (Å²) in [6.45, 7) is 5.24. The summed E-state index contributed by atoms with van der Waals surface area (Å²) in [5.41, 5.74) is 0.395. The number of carboxylic acids is 1. The van der Waals surface area contributed by atoms with Gasteiger partial charge in [-0.3, -0.25) is 19.2 Å². The minimum atomic E-state index is -0.787. The zero-order chi connectivity index (χ0) is 19.6. The van der Waals surface area contributed by atoms with Crippen molar-refractivity contribution in [3.63, 3.8) is 0 Å². The monoisotopic (exact) mass is 397 g/mol. The van der Waals surface area contributed by atoms with E-state index in [1.165, 1.54) is 10.9 Å². The number of halogens is 1. The van der Waals surface area contributed by atoms with Crippen LogP contribution in [0.5, 0.6) is 0 Å². The number of aryl methyl sites for hydroxylation is 1. The van der Waals surface area contributed by atoms with Crippen molar-refractivity contribution in [3.05, 3.63) is 16.9 Å². The average Bonchev–Trinajstić information content (AvgIpc) is 2.98. The van der Waals surface area contributed by atoms with Gasteiger partial charge >= 0.3 is 5.97 Å². The van der Waals surface area contributed by atoms with Crippen LogP contribution in [0.4, 0.5) is 0 Å². The molecule has 3 rings (SSSR count). The number of piperidine rings is 1. The largest absolute Gasteiger partial charge is 0.481 e. The summed E-state index contributed by atoms with van der Waals surface area (Å²) in [6, 6.07) is 0.323. The van der Waals surface area contributed by atoms with Gasteiger partial charge in [0.1, 0.15) is 5.69 Å². The predicted octanol–water partition coefficient (Wildman–Crippen LogP) is 1.02. The maximum atomic E-state index is 13.0. The summed E-state index contributed by atoms with van der Waals surface area (Å²) in [6.07, 6.45) is 3.04. The van der Waals surface area contributed by atoms with Gasteiger partial charge in [-0.25, -0.2) is 0 Å². The van der Waals surface area contributed by atoms with Crippen molar-refractivity contribution in [2.75, 3.05) is 46.3 Å². The SMILES string of the molecule is CN1CCN([C@H]2CCN(C(=O)c3c(Cl)cnn3C)C[C@H]2CCC(=O)O)CC1. The molecule has 0 bridgehead atoms. The molecule has 1 aromatic heterocycles. The van der Waals surface area contributed by atoms with Crippen LogP contribution in [-0.4, -0.2) is 93.8 Å². The Morgan fingerprint density at radius 3 is 2.52 bits per heavy atom. The summed E-state index contributed by atoms with van der Waals surface area (Å²) < 4.78 is 1.50. The first-order valence-electron chi connectivity index (χ1n) is 9.48. The van der Waals surface area contributed by atoms with E-state index in [1.807, 2.05) is 4.90 Å². The van der Waals surface area contributed by atoms with Gasteiger partial charge in [-0.1, -0.05) is 11.6 Å². The molecule has 0 radical (unpaired) electrons. The lowest BCUT2D eigenvalue weighted by atomic mass is 9.86. The third kappa shape index (κ3) is 4.62. The number of carboxylic acid groups (broad SMARTS) is 1. The van der Waals surface area contributed by atoms with Gasteiger partial charge in [-0.05, 0) is 25.8 Å². The summed E-state index contributed by atoms with van der Waals surface area (Å²) in [5, 5.41) is 13.5. The number of amides is 1. The number of hydrogen-bond donors (Lipinski definition) is 1. The molecular formula is C18H28ClN5O3. The lowest BCUT2D eigenvalue weighted by Crippen LogP contribution is -2.57. The van der Waals surface area contributed by atoms with Crippen LogP contribution in [-0.2, 0) is 11.8 Å². The van der Waals surface area contributed by atoms with Gasteiger partial charge in [0.2, 0.25) is 0 Å². The Hall–Kier alpha value is -1.64.